The molecule has 3 nitrogen and oxygen atoms in total. The summed E-state index contributed by atoms with van der Waals surface area (Å²) in [6, 6.07) is 6.02. The van der Waals surface area contributed by atoms with E-state index in [0.717, 1.165) is 5.56 Å². The molecule has 16 heavy (non-hydrogen) atoms. The fraction of sp³-hybridized carbons (Fsp3) is 0.364. The lowest BCUT2D eigenvalue weighted by molar-refractivity contribution is -0.137. The predicted molar refractivity (Wildman–Crippen MR) is 61.4 cm³/mol. The molecule has 0 saturated carbocycles. The largest absolute Gasteiger partial charge is 0.481 e. The van der Waals surface area contributed by atoms with E-state index in [2.05, 4.69) is 9.47 Å². The van der Waals surface area contributed by atoms with E-state index in [1.54, 1.807) is 12.1 Å². The number of benzene rings is 1. The summed E-state index contributed by atoms with van der Waals surface area (Å²) in [6.45, 7) is 0. The van der Waals surface area contributed by atoms with Crippen molar-refractivity contribution >= 4 is 15.4 Å². The molecule has 0 fully saturated rings. The molecule has 0 bridgehead atoms. The summed E-state index contributed by atoms with van der Waals surface area (Å²) in [5.41, 5.74) is 0.849. The molecule has 0 heterocycles. The minimum absolute atomic E-state index is 0.117. The Labute approximate surface area is 95.9 Å². The van der Waals surface area contributed by atoms with E-state index in [1.807, 2.05) is 0 Å². The minimum atomic E-state index is -0.818. The van der Waals surface area contributed by atoms with Crippen LogP contribution in [-0.2, 0) is 9.32 Å². The highest BCUT2D eigenvalue weighted by Crippen LogP contribution is 2.25. The van der Waals surface area contributed by atoms with Gasteiger partial charge in [-0.15, -0.1) is 0 Å². The van der Waals surface area contributed by atoms with Crippen molar-refractivity contribution in [1.82, 2.24) is 0 Å². The third-order valence-electron chi connectivity index (χ3n) is 2.26. The number of hydrogen-bond acceptors (Lipinski definition) is 2. The second kappa shape index (κ2) is 6.56. The molecule has 1 N–H and O–H groups in total. The quantitative estimate of drug-likeness (QED) is 0.782. The topological polar surface area (TPSA) is 46.5 Å². The van der Waals surface area contributed by atoms with Gasteiger partial charge in [-0.1, -0.05) is 12.1 Å². The van der Waals surface area contributed by atoms with Gasteiger partial charge in [0.25, 0.3) is 0 Å². The van der Waals surface area contributed by atoms with Gasteiger partial charge in [0.1, 0.15) is 5.82 Å². The maximum absolute atomic E-state index is 12.7. The smallest absolute Gasteiger partial charge is 0.303 e. The first-order chi connectivity index (χ1) is 7.63. The van der Waals surface area contributed by atoms with Gasteiger partial charge in [-0.25, -0.2) is 4.39 Å². The highest BCUT2D eigenvalue weighted by molar-refractivity contribution is 7.09. The zero-order chi connectivity index (χ0) is 12.0. The van der Waals surface area contributed by atoms with Crippen LogP contribution in [0.1, 0.15) is 30.9 Å². The Bertz CT molecular complexity index is 340. The van der Waals surface area contributed by atoms with Gasteiger partial charge in [0.2, 0.25) is 0 Å². The molecule has 2 atom stereocenters. The summed E-state index contributed by atoms with van der Waals surface area (Å²) in [5.74, 6) is -1.11. The second-order valence-corrected chi connectivity index (χ2v) is 3.73. The molecule has 0 radical (unpaired) electrons. The summed E-state index contributed by atoms with van der Waals surface area (Å²) in [7, 11) is 2.16. The van der Waals surface area contributed by atoms with Crippen LogP contribution in [0.15, 0.2) is 24.3 Å². The van der Waals surface area contributed by atoms with Crippen molar-refractivity contribution in [2.24, 2.45) is 0 Å². The Morgan fingerprint density at radius 3 is 2.56 bits per heavy atom. The number of carboxylic acids is 1. The molecule has 0 aliphatic carbocycles. The molecule has 1 aromatic carbocycles. The number of rotatable bonds is 6. The van der Waals surface area contributed by atoms with Crippen LogP contribution in [0.4, 0.5) is 4.39 Å². The molecule has 88 valence electrons. The highest BCUT2D eigenvalue weighted by atomic mass is 31.0. The Hall–Kier alpha value is -0.990. The van der Waals surface area contributed by atoms with Crippen molar-refractivity contribution in [2.75, 3.05) is 0 Å². The monoisotopic (exact) mass is 244 g/mol. The summed E-state index contributed by atoms with van der Waals surface area (Å²) in [5, 5.41) is 8.51. The Morgan fingerprint density at radius 2 is 2.06 bits per heavy atom. The highest BCUT2D eigenvalue weighted by Gasteiger charge is 2.11. The van der Waals surface area contributed by atoms with Crippen LogP contribution in [0.2, 0.25) is 0 Å². The van der Waals surface area contributed by atoms with Crippen molar-refractivity contribution in [2.45, 2.75) is 25.4 Å². The third-order valence-corrected chi connectivity index (χ3v) is 2.59. The Morgan fingerprint density at radius 1 is 1.44 bits per heavy atom. The second-order valence-electron chi connectivity index (χ2n) is 3.46. The standard InChI is InChI=1S/C11H14FO3P/c12-9-6-4-8(5-7-9)10(15-16)2-1-3-11(13)14/h4-7,10H,1-3,16H2,(H,13,14)/t10-/m0/s1. The number of hydrogen-bond donors (Lipinski definition) is 1. The third kappa shape index (κ3) is 4.25. The maximum Gasteiger partial charge on any atom is 0.303 e. The fourth-order valence-electron chi connectivity index (χ4n) is 1.43. The minimum Gasteiger partial charge on any atom is -0.481 e. The molecular weight excluding hydrogens is 230 g/mol. The van der Waals surface area contributed by atoms with Crippen LogP contribution in [0.5, 0.6) is 0 Å². The van der Waals surface area contributed by atoms with Gasteiger partial charge in [0.05, 0.1) is 6.10 Å². The molecule has 1 rings (SSSR count). The van der Waals surface area contributed by atoms with E-state index < -0.39 is 5.97 Å². The van der Waals surface area contributed by atoms with Gasteiger partial charge >= 0.3 is 5.97 Å². The lowest BCUT2D eigenvalue weighted by Crippen LogP contribution is -2.01. The molecule has 5 heteroatoms. The normalized spacial score (nSPS) is 12.4. The SMILES string of the molecule is O=C(O)CCC[C@H](OP)c1ccc(F)cc1. The van der Waals surface area contributed by atoms with Gasteiger partial charge in [-0.3, -0.25) is 4.79 Å². The van der Waals surface area contributed by atoms with Gasteiger partial charge < -0.3 is 9.63 Å². The first kappa shape index (κ1) is 13.1. The summed E-state index contributed by atoms with van der Waals surface area (Å²) >= 11 is 0. The van der Waals surface area contributed by atoms with Crippen LogP contribution >= 0.6 is 9.47 Å². The average molecular weight is 244 g/mol. The molecule has 0 spiro atoms. The number of carboxylic acid groups (broad SMARTS) is 1. The number of halogens is 1. The molecule has 0 saturated heterocycles. The van der Waals surface area contributed by atoms with E-state index in [-0.39, 0.29) is 18.3 Å². The molecule has 0 amide bonds. The lowest BCUT2D eigenvalue weighted by Gasteiger charge is -2.14. The molecule has 1 aromatic rings. The average Bonchev–Trinajstić information content (AvgIpc) is 2.26. The molecule has 0 aliphatic heterocycles. The number of carbonyl (C=O) groups is 1. The number of aliphatic carboxylic acids is 1. The first-order valence-corrected chi connectivity index (χ1v) is 5.43. The van der Waals surface area contributed by atoms with E-state index in [4.69, 9.17) is 9.63 Å². The van der Waals surface area contributed by atoms with Crippen molar-refractivity contribution in [1.29, 1.82) is 0 Å². The van der Waals surface area contributed by atoms with Crippen LogP contribution in [0.25, 0.3) is 0 Å². The van der Waals surface area contributed by atoms with Gasteiger partial charge in [0.15, 0.2) is 0 Å². The Kier molecular flexibility index (Phi) is 5.36. The summed E-state index contributed by atoms with van der Waals surface area (Å²) < 4.78 is 17.8. The van der Waals surface area contributed by atoms with E-state index in [0.29, 0.717) is 12.8 Å². The van der Waals surface area contributed by atoms with Crippen molar-refractivity contribution < 1.29 is 18.8 Å². The van der Waals surface area contributed by atoms with Crippen molar-refractivity contribution in [3.05, 3.63) is 35.6 Å². The van der Waals surface area contributed by atoms with Crippen LogP contribution < -0.4 is 0 Å². The van der Waals surface area contributed by atoms with Crippen molar-refractivity contribution in [3.63, 3.8) is 0 Å². The predicted octanol–water partition coefficient (Wildman–Crippen LogP) is 2.93. The molecule has 0 aliphatic rings. The fourth-order valence-corrected chi connectivity index (χ4v) is 1.72. The zero-order valence-electron chi connectivity index (χ0n) is 8.73. The molecule has 1 unspecified atom stereocenters. The lowest BCUT2D eigenvalue weighted by atomic mass is 10.0. The maximum atomic E-state index is 12.7. The van der Waals surface area contributed by atoms with E-state index in [9.17, 15) is 9.18 Å². The Balaban J connectivity index is 2.53. The van der Waals surface area contributed by atoms with Crippen LogP contribution in [-0.4, -0.2) is 11.1 Å². The van der Waals surface area contributed by atoms with Gasteiger partial charge in [0, 0.05) is 15.9 Å². The van der Waals surface area contributed by atoms with Gasteiger partial charge in [-0.05, 0) is 30.5 Å². The van der Waals surface area contributed by atoms with Crippen molar-refractivity contribution in [3.8, 4) is 0 Å². The van der Waals surface area contributed by atoms with E-state index in [1.165, 1.54) is 12.1 Å². The summed E-state index contributed by atoms with van der Waals surface area (Å²) in [6.07, 6.45) is 1.05. The zero-order valence-corrected chi connectivity index (χ0v) is 9.88. The first-order valence-electron chi connectivity index (χ1n) is 4.96. The van der Waals surface area contributed by atoms with Gasteiger partial charge in [-0.2, -0.15) is 0 Å². The van der Waals surface area contributed by atoms with E-state index >= 15 is 0 Å². The van der Waals surface area contributed by atoms with Crippen LogP contribution in [0.3, 0.4) is 0 Å². The van der Waals surface area contributed by atoms with Crippen LogP contribution in [0, 0.1) is 5.82 Å². The molecular formula is C11H14FO3P. The summed E-state index contributed by atoms with van der Waals surface area (Å²) in [4.78, 5) is 10.4. The molecule has 0 aromatic heterocycles.